The van der Waals surface area contributed by atoms with E-state index in [1.165, 1.54) is 42.7 Å². The van der Waals surface area contributed by atoms with Gasteiger partial charge >= 0.3 is 12.6 Å². The summed E-state index contributed by atoms with van der Waals surface area (Å²) in [5.74, 6) is 0.413. The number of hydrogen-bond acceptors (Lipinski definition) is 6. The van der Waals surface area contributed by atoms with E-state index in [1.54, 1.807) is 18.2 Å². The molecule has 0 radical (unpaired) electrons. The first-order valence-electron chi connectivity index (χ1n) is 7.49. The number of esters is 1. The molecule has 6 nitrogen and oxygen atoms in total. The average Bonchev–Trinajstić information content (AvgIpc) is 3.30. The molecule has 3 aromatic rings. The van der Waals surface area contributed by atoms with Gasteiger partial charge in [-0.2, -0.15) is 8.78 Å². The highest BCUT2D eigenvalue weighted by Crippen LogP contribution is 2.21. The van der Waals surface area contributed by atoms with Crippen molar-refractivity contribution in [2.45, 2.75) is 13.2 Å². The molecule has 8 heteroatoms. The molecule has 0 fully saturated rings. The monoisotopic (exact) mass is 361 g/mol. The number of carbonyl (C=O) groups is 1. The molecule has 0 atom stereocenters. The third-order valence-corrected chi connectivity index (χ3v) is 3.20. The summed E-state index contributed by atoms with van der Waals surface area (Å²) in [7, 11) is 0. The first-order valence-corrected chi connectivity index (χ1v) is 7.49. The SMILES string of the molecule is O=C(/C=C/c1ccc(OC(F)F)cc1)OCc1cc(-c2ccco2)on1. The third-order valence-electron chi connectivity index (χ3n) is 3.20. The van der Waals surface area contributed by atoms with Crippen LogP contribution in [-0.4, -0.2) is 17.7 Å². The lowest BCUT2D eigenvalue weighted by Crippen LogP contribution is -2.01. The van der Waals surface area contributed by atoms with Crippen molar-refractivity contribution < 1.29 is 32.0 Å². The molecule has 0 aliphatic heterocycles. The smallest absolute Gasteiger partial charge is 0.387 e. The minimum atomic E-state index is -2.88. The van der Waals surface area contributed by atoms with Crippen LogP contribution in [0.1, 0.15) is 11.3 Å². The zero-order chi connectivity index (χ0) is 18.4. The van der Waals surface area contributed by atoms with Crippen molar-refractivity contribution in [2.24, 2.45) is 0 Å². The molecule has 0 saturated carbocycles. The summed E-state index contributed by atoms with van der Waals surface area (Å²) in [4.78, 5) is 11.7. The molecule has 0 amide bonds. The molecular formula is C18H13F2NO5. The number of alkyl halides is 2. The fraction of sp³-hybridized carbons (Fsp3) is 0.111. The first-order chi connectivity index (χ1) is 12.6. The van der Waals surface area contributed by atoms with E-state index < -0.39 is 12.6 Å². The van der Waals surface area contributed by atoms with Crippen molar-refractivity contribution >= 4 is 12.0 Å². The second-order valence-corrected chi connectivity index (χ2v) is 5.05. The number of halogens is 2. The lowest BCUT2D eigenvalue weighted by atomic mass is 10.2. The van der Waals surface area contributed by atoms with Gasteiger partial charge in [0.05, 0.1) is 6.26 Å². The summed E-state index contributed by atoms with van der Waals surface area (Å²) in [6, 6.07) is 10.9. The normalized spacial score (nSPS) is 11.2. The van der Waals surface area contributed by atoms with Crippen LogP contribution < -0.4 is 4.74 Å². The summed E-state index contributed by atoms with van der Waals surface area (Å²) in [5, 5.41) is 3.78. The molecular weight excluding hydrogens is 348 g/mol. The van der Waals surface area contributed by atoms with E-state index in [0.29, 0.717) is 22.8 Å². The van der Waals surface area contributed by atoms with Gasteiger partial charge in [0, 0.05) is 12.1 Å². The van der Waals surface area contributed by atoms with Gasteiger partial charge in [0.1, 0.15) is 18.1 Å². The van der Waals surface area contributed by atoms with Gasteiger partial charge in [0.2, 0.25) is 5.76 Å². The summed E-state index contributed by atoms with van der Waals surface area (Å²) < 4.78 is 43.7. The van der Waals surface area contributed by atoms with Crippen LogP contribution in [0.2, 0.25) is 0 Å². The molecule has 0 N–H and O–H groups in total. The quantitative estimate of drug-likeness (QED) is 0.462. The topological polar surface area (TPSA) is 74.7 Å². The minimum Gasteiger partial charge on any atom is -0.461 e. The lowest BCUT2D eigenvalue weighted by molar-refractivity contribution is -0.139. The van der Waals surface area contributed by atoms with Crippen molar-refractivity contribution in [1.82, 2.24) is 5.16 Å². The summed E-state index contributed by atoms with van der Waals surface area (Å²) >= 11 is 0. The number of benzene rings is 1. The van der Waals surface area contributed by atoms with Crippen LogP contribution in [0, 0.1) is 0 Å². The van der Waals surface area contributed by atoms with Gasteiger partial charge in [0.25, 0.3) is 0 Å². The third kappa shape index (κ3) is 4.79. The molecule has 0 saturated heterocycles. The number of furan rings is 1. The van der Waals surface area contributed by atoms with Crippen LogP contribution in [0.3, 0.4) is 0 Å². The van der Waals surface area contributed by atoms with E-state index in [0.717, 1.165) is 0 Å². The molecule has 0 aliphatic carbocycles. The number of rotatable bonds is 7. The van der Waals surface area contributed by atoms with Gasteiger partial charge < -0.3 is 18.4 Å². The second-order valence-electron chi connectivity index (χ2n) is 5.05. The highest BCUT2D eigenvalue weighted by Gasteiger charge is 2.10. The lowest BCUT2D eigenvalue weighted by Gasteiger charge is -2.03. The standard InChI is InChI=1S/C18H13F2NO5/c19-18(20)25-14-6-3-12(4-7-14)5-8-17(22)24-11-13-10-16(26-21-13)15-2-1-9-23-15/h1-10,18H,11H2/b8-5+. The van der Waals surface area contributed by atoms with E-state index in [-0.39, 0.29) is 12.4 Å². The van der Waals surface area contributed by atoms with Crippen molar-refractivity contribution in [3.8, 4) is 17.3 Å². The zero-order valence-electron chi connectivity index (χ0n) is 13.3. The van der Waals surface area contributed by atoms with Crippen molar-refractivity contribution in [2.75, 3.05) is 0 Å². The maximum atomic E-state index is 12.1. The number of hydrogen-bond donors (Lipinski definition) is 0. The van der Waals surface area contributed by atoms with Crippen LogP contribution in [0.15, 0.2) is 63.7 Å². The maximum absolute atomic E-state index is 12.1. The van der Waals surface area contributed by atoms with Crippen molar-refractivity contribution in [1.29, 1.82) is 0 Å². The Bertz CT molecular complexity index is 869. The molecule has 0 aliphatic rings. The highest BCUT2D eigenvalue weighted by molar-refractivity contribution is 5.87. The van der Waals surface area contributed by atoms with Gasteiger partial charge in [-0.05, 0) is 35.9 Å². The maximum Gasteiger partial charge on any atom is 0.387 e. The molecule has 3 rings (SSSR count). The molecule has 0 bridgehead atoms. The average molecular weight is 361 g/mol. The predicted molar refractivity (Wildman–Crippen MR) is 86.1 cm³/mol. The largest absolute Gasteiger partial charge is 0.461 e. The predicted octanol–water partition coefficient (Wildman–Crippen LogP) is 4.29. The molecule has 2 aromatic heterocycles. The molecule has 1 aromatic carbocycles. The Labute approximate surface area is 146 Å². The zero-order valence-corrected chi connectivity index (χ0v) is 13.3. The van der Waals surface area contributed by atoms with Crippen molar-refractivity contribution in [3.63, 3.8) is 0 Å². The number of ether oxygens (including phenoxy) is 2. The van der Waals surface area contributed by atoms with Gasteiger partial charge in [-0.1, -0.05) is 17.3 Å². The van der Waals surface area contributed by atoms with Crippen LogP contribution in [0.5, 0.6) is 5.75 Å². The Balaban J connectivity index is 1.50. The fourth-order valence-corrected chi connectivity index (χ4v) is 2.03. The van der Waals surface area contributed by atoms with E-state index in [9.17, 15) is 13.6 Å². The fourth-order valence-electron chi connectivity index (χ4n) is 2.03. The molecule has 0 spiro atoms. The second kappa shape index (κ2) is 8.11. The van der Waals surface area contributed by atoms with Gasteiger partial charge in [-0.3, -0.25) is 0 Å². The Kier molecular flexibility index (Phi) is 5.43. The Morgan fingerprint density at radius 2 is 2.00 bits per heavy atom. The van der Waals surface area contributed by atoms with Crippen LogP contribution >= 0.6 is 0 Å². The van der Waals surface area contributed by atoms with Crippen LogP contribution in [0.4, 0.5) is 8.78 Å². The van der Waals surface area contributed by atoms with Crippen LogP contribution in [-0.2, 0) is 16.1 Å². The number of carbonyl (C=O) groups excluding carboxylic acids is 1. The van der Waals surface area contributed by atoms with E-state index in [1.807, 2.05) is 0 Å². The number of nitrogens with zero attached hydrogens (tertiary/aromatic N) is 1. The van der Waals surface area contributed by atoms with Crippen LogP contribution in [0.25, 0.3) is 17.6 Å². The summed E-state index contributed by atoms with van der Waals surface area (Å²) in [6.45, 7) is -2.94. The molecule has 2 heterocycles. The van der Waals surface area contributed by atoms with E-state index in [2.05, 4.69) is 9.89 Å². The van der Waals surface area contributed by atoms with E-state index >= 15 is 0 Å². The number of aromatic nitrogens is 1. The molecule has 134 valence electrons. The van der Waals surface area contributed by atoms with Gasteiger partial charge in [-0.25, -0.2) is 4.79 Å². The molecule has 0 unspecified atom stereocenters. The van der Waals surface area contributed by atoms with Gasteiger partial charge in [-0.15, -0.1) is 0 Å². The first kappa shape index (κ1) is 17.4. The van der Waals surface area contributed by atoms with Crippen molar-refractivity contribution in [3.05, 3.63) is 66.1 Å². The summed E-state index contributed by atoms with van der Waals surface area (Å²) in [5.41, 5.74) is 1.07. The van der Waals surface area contributed by atoms with Gasteiger partial charge in [0.15, 0.2) is 5.76 Å². The highest BCUT2D eigenvalue weighted by atomic mass is 19.3. The Morgan fingerprint density at radius 1 is 1.19 bits per heavy atom. The Hall–Kier alpha value is -3.42. The molecule has 26 heavy (non-hydrogen) atoms. The summed E-state index contributed by atoms with van der Waals surface area (Å²) in [6.07, 6.45) is 4.22. The minimum absolute atomic E-state index is 0.0399. The Morgan fingerprint density at radius 3 is 2.69 bits per heavy atom. The van der Waals surface area contributed by atoms with E-state index in [4.69, 9.17) is 13.7 Å².